The number of carbonyl (C=O) groups excluding carboxylic acids is 2. The second-order valence-electron chi connectivity index (χ2n) is 6.50. The Morgan fingerprint density at radius 3 is 2.52 bits per heavy atom. The lowest BCUT2D eigenvalue weighted by atomic mass is 10.1. The molecule has 0 spiro atoms. The van der Waals surface area contributed by atoms with Crippen molar-refractivity contribution < 1.29 is 23.9 Å². The molecule has 0 aromatic heterocycles. The molecule has 1 aliphatic rings. The Bertz CT molecular complexity index is 924. The molecule has 1 aliphatic heterocycles. The number of amides is 2. The monoisotopic (exact) mass is 399 g/mol. The van der Waals surface area contributed by atoms with E-state index in [0.717, 1.165) is 11.3 Å². The van der Waals surface area contributed by atoms with Crippen LogP contribution >= 0.6 is 0 Å². The molecule has 3 rings (SSSR count). The van der Waals surface area contributed by atoms with Crippen LogP contribution < -0.4 is 15.1 Å². The third kappa shape index (κ3) is 4.72. The van der Waals surface area contributed by atoms with Crippen LogP contribution in [0.25, 0.3) is 6.08 Å². The van der Waals surface area contributed by atoms with Crippen LogP contribution in [-0.2, 0) is 4.79 Å². The minimum absolute atomic E-state index is 0.103. The van der Waals surface area contributed by atoms with Crippen molar-refractivity contribution >= 4 is 23.6 Å². The van der Waals surface area contributed by atoms with Gasteiger partial charge in [0.2, 0.25) is 0 Å². The Morgan fingerprint density at radius 2 is 1.86 bits per heavy atom. The maximum Gasteiger partial charge on any atom is 0.267 e. The minimum atomic E-state index is -0.609. The first-order valence-corrected chi connectivity index (χ1v) is 9.12. The van der Waals surface area contributed by atoms with Crippen LogP contribution in [0.5, 0.6) is 5.75 Å². The summed E-state index contributed by atoms with van der Waals surface area (Å²) < 4.78 is 18.8. The van der Waals surface area contributed by atoms with Gasteiger partial charge in [0.25, 0.3) is 11.8 Å². The number of methoxy groups -OCH3 is 1. The van der Waals surface area contributed by atoms with Gasteiger partial charge in [0.15, 0.2) is 11.6 Å². The van der Waals surface area contributed by atoms with E-state index >= 15 is 0 Å². The highest BCUT2D eigenvalue weighted by atomic mass is 19.1. The molecule has 2 N–H and O–H groups in total. The molecule has 1 fully saturated rings. The summed E-state index contributed by atoms with van der Waals surface area (Å²) in [6.45, 7) is 2.17. The number of halogens is 1. The Kier molecular flexibility index (Phi) is 6.46. The fourth-order valence-corrected chi connectivity index (χ4v) is 3.25. The molecule has 0 aliphatic carbocycles. The number of nitrogens with zero attached hydrogens (tertiary/aromatic N) is 2. The topological polar surface area (TPSA) is 82.1 Å². The van der Waals surface area contributed by atoms with Crippen LogP contribution in [0.1, 0.15) is 15.9 Å². The van der Waals surface area contributed by atoms with Crippen LogP contribution in [-0.4, -0.2) is 55.2 Å². The van der Waals surface area contributed by atoms with E-state index in [2.05, 4.69) is 4.90 Å². The largest absolute Gasteiger partial charge is 0.494 e. The summed E-state index contributed by atoms with van der Waals surface area (Å²) in [6, 6.07) is 11.8. The molecule has 0 atom stereocenters. The SMILES string of the molecule is COc1ccc(C(=O)N2CCN(c3ccccc3C=CC(=O)NO)CC2)cc1F. The maximum atomic E-state index is 13.9. The number of anilines is 1. The summed E-state index contributed by atoms with van der Waals surface area (Å²) in [6.07, 6.45) is 2.87. The van der Waals surface area contributed by atoms with E-state index in [-0.39, 0.29) is 17.2 Å². The third-order valence-electron chi connectivity index (χ3n) is 4.77. The number of piperazine rings is 1. The highest BCUT2D eigenvalue weighted by Gasteiger charge is 2.23. The summed E-state index contributed by atoms with van der Waals surface area (Å²) in [7, 11) is 1.38. The molecule has 8 heteroatoms. The van der Waals surface area contributed by atoms with Gasteiger partial charge in [0, 0.05) is 43.5 Å². The molecule has 2 aromatic carbocycles. The first-order valence-electron chi connectivity index (χ1n) is 9.12. The van der Waals surface area contributed by atoms with Gasteiger partial charge in [-0.05, 0) is 35.9 Å². The van der Waals surface area contributed by atoms with Crippen molar-refractivity contribution in [2.75, 3.05) is 38.2 Å². The summed E-state index contributed by atoms with van der Waals surface area (Å²) in [4.78, 5) is 27.8. The maximum absolute atomic E-state index is 13.9. The van der Waals surface area contributed by atoms with Gasteiger partial charge in [-0.25, -0.2) is 9.87 Å². The Balaban J connectivity index is 1.68. The van der Waals surface area contributed by atoms with Gasteiger partial charge in [0.1, 0.15) is 0 Å². The Hall–Kier alpha value is -3.39. The van der Waals surface area contributed by atoms with Crippen LogP contribution in [0.2, 0.25) is 0 Å². The molecule has 2 aromatic rings. The van der Waals surface area contributed by atoms with Gasteiger partial charge in [-0.15, -0.1) is 0 Å². The van der Waals surface area contributed by atoms with Gasteiger partial charge < -0.3 is 14.5 Å². The molecule has 0 saturated carbocycles. The van der Waals surface area contributed by atoms with E-state index < -0.39 is 11.7 Å². The normalized spacial score (nSPS) is 14.2. The van der Waals surface area contributed by atoms with Gasteiger partial charge in [0.05, 0.1) is 7.11 Å². The first-order chi connectivity index (χ1) is 14.0. The molecule has 1 saturated heterocycles. The number of hydroxylamine groups is 1. The van der Waals surface area contributed by atoms with Gasteiger partial charge >= 0.3 is 0 Å². The lowest BCUT2D eigenvalue weighted by Gasteiger charge is -2.36. The number of rotatable bonds is 5. The van der Waals surface area contributed by atoms with Crippen molar-refractivity contribution in [2.24, 2.45) is 0 Å². The van der Waals surface area contributed by atoms with Gasteiger partial charge in [-0.1, -0.05) is 18.2 Å². The highest BCUT2D eigenvalue weighted by molar-refractivity contribution is 5.94. The number of hydrogen-bond donors (Lipinski definition) is 2. The van der Waals surface area contributed by atoms with Crippen molar-refractivity contribution in [1.29, 1.82) is 0 Å². The minimum Gasteiger partial charge on any atom is -0.494 e. The molecule has 152 valence electrons. The molecule has 0 radical (unpaired) electrons. The lowest BCUT2D eigenvalue weighted by Crippen LogP contribution is -2.49. The number of benzene rings is 2. The molecular weight excluding hydrogens is 377 g/mol. The van der Waals surface area contributed by atoms with E-state index in [9.17, 15) is 14.0 Å². The number of para-hydroxylation sites is 1. The van der Waals surface area contributed by atoms with Crippen LogP contribution in [0.15, 0.2) is 48.5 Å². The zero-order valence-electron chi connectivity index (χ0n) is 16.0. The van der Waals surface area contributed by atoms with Crippen molar-refractivity contribution in [3.05, 3.63) is 65.5 Å². The fourth-order valence-electron chi connectivity index (χ4n) is 3.25. The average molecular weight is 399 g/mol. The summed E-state index contributed by atoms with van der Waals surface area (Å²) in [5.41, 5.74) is 3.60. The predicted molar refractivity (Wildman–Crippen MR) is 106 cm³/mol. The summed E-state index contributed by atoms with van der Waals surface area (Å²) in [5, 5.41) is 8.62. The lowest BCUT2D eigenvalue weighted by molar-refractivity contribution is -0.124. The second-order valence-corrected chi connectivity index (χ2v) is 6.50. The summed E-state index contributed by atoms with van der Waals surface area (Å²) in [5.74, 6) is -1.29. The van der Waals surface area contributed by atoms with Crippen molar-refractivity contribution in [3.8, 4) is 5.75 Å². The van der Waals surface area contributed by atoms with E-state index in [1.165, 1.54) is 25.3 Å². The molecule has 1 heterocycles. The van der Waals surface area contributed by atoms with E-state index in [1.807, 2.05) is 24.3 Å². The molecule has 2 amide bonds. The molecule has 0 bridgehead atoms. The van der Waals surface area contributed by atoms with Crippen molar-refractivity contribution in [2.45, 2.75) is 0 Å². The van der Waals surface area contributed by atoms with Crippen LogP contribution in [0, 0.1) is 5.82 Å². The van der Waals surface area contributed by atoms with E-state index in [4.69, 9.17) is 9.94 Å². The third-order valence-corrected chi connectivity index (χ3v) is 4.77. The average Bonchev–Trinajstić information content (AvgIpc) is 2.77. The van der Waals surface area contributed by atoms with Gasteiger partial charge in [-0.2, -0.15) is 0 Å². The standard InChI is InChI=1S/C21H22FN3O4/c1-29-19-8-6-16(14-17(19)22)21(27)25-12-10-24(11-13-25)18-5-3-2-4-15(18)7-9-20(26)23-28/h2-9,14,28H,10-13H2,1H3,(H,23,26). The van der Waals surface area contributed by atoms with Crippen LogP contribution in [0.3, 0.4) is 0 Å². The van der Waals surface area contributed by atoms with Crippen LogP contribution in [0.4, 0.5) is 10.1 Å². The fraction of sp³-hybridized carbons (Fsp3) is 0.238. The Morgan fingerprint density at radius 1 is 1.14 bits per heavy atom. The molecule has 7 nitrogen and oxygen atoms in total. The van der Waals surface area contributed by atoms with E-state index in [0.29, 0.717) is 26.2 Å². The Labute approximate surface area is 167 Å². The van der Waals surface area contributed by atoms with Gasteiger partial charge in [-0.3, -0.25) is 14.8 Å². The van der Waals surface area contributed by atoms with Crippen molar-refractivity contribution in [1.82, 2.24) is 10.4 Å². The summed E-state index contributed by atoms with van der Waals surface area (Å²) >= 11 is 0. The zero-order chi connectivity index (χ0) is 20.8. The smallest absolute Gasteiger partial charge is 0.267 e. The molecular formula is C21H22FN3O4. The molecule has 29 heavy (non-hydrogen) atoms. The predicted octanol–water partition coefficient (Wildman–Crippen LogP) is 2.32. The second kappa shape index (κ2) is 9.20. The van der Waals surface area contributed by atoms with Crippen molar-refractivity contribution in [3.63, 3.8) is 0 Å². The quantitative estimate of drug-likeness (QED) is 0.458. The first kappa shape index (κ1) is 20.3. The number of nitrogens with one attached hydrogen (secondary N) is 1. The zero-order valence-corrected chi connectivity index (χ0v) is 16.0. The highest BCUT2D eigenvalue weighted by Crippen LogP contribution is 2.24. The number of ether oxygens (including phenoxy) is 1. The van der Waals surface area contributed by atoms with E-state index in [1.54, 1.807) is 22.5 Å². The number of hydrogen-bond acceptors (Lipinski definition) is 5. The molecule has 0 unspecified atom stereocenters. The number of carbonyl (C=O) groups is 2.